The molecule has 0 atom stereocenters. The zero-order chi connectivity index (χ0) is 22.5. The van der Waals surface area contributed by atoms with Gasteiger partial charge in [0.25, 0.3) is 0 Å². The van der Waals surface area contributed by atoms with Crippen LogP contribution in [0.15, 0.2) is 83.3 Å². The Morgan fingerprint density at radius 1 is 0.906 bits per heavy atom. The van der Waals surface area contributed by atoms with Crippen molar-refractivity contribution in [2.45, 2.75) is 12.8 Å². The van der Waals surface area contributed by atoms with Gasteiger partial charge in [-0.05, 0) is 48.5 Å². The highest BCUT2D eigenvalue weighted by molar-refractivity contribution is 6.30. The highest BCUT2D eigenvalue weighted by Gasteiger charge is 2.17. The van der Waals surface area contributed by atoms with Crippen molar-refractivity contribution in [1.82, 2.24) is 4.98 Å². The summed E-state index contributed by atoms with van der Waals surface area (Å²) in [5.74, 6) is 0.409. The minimum Gasteiger partial charge on any atom is -0.440 e. The van der Waals surface area contributed by atoms with Crippen LogP contribution in [-0.2, 0) is 11.2 Å². The third kappa shape index (κ3) is 5.04. The predicted octanol–water partition coefficient (Wildman–Crippen LogP) is 5.33. The predicted molar refractivity (Wildman–Crippen MR) is 124 cm³/mol. The Morgan fingerprint density at radius 3 is 2.25 bits per heavy atom. The number of benzene rings is 3. The molecular weight excluding hydrogens is 426 g/mol. The molecule has 0 aliphatic rings. The fourth-order valence-electron chi connectivity index (χ4n) is 3.23. The Bertz CT molecular complexity index is 1230. The maximum Gasteiger partial charge on any atom is 0.248 e. The van der Waals surface area contributed by atoms with Gasteiger partial charge in [0.15, 0.2) is 0 Å². The molecule has 3 N–H and O–H groups in total. The van der Waals surface area contributed by atoms with Crippen molar-refractivity contribution in [3.8, 4) is 22.7 Å². The molecule has 0 aliphatic carbocycles. The van der Waals surface area contributed by atoms with Gasteiger partial charge < -0.3 is 15.5 Å². The van der Waals surface area contributed by atoms with E-state index in [0.29, 0.717) is 40.0 Å². The summed E-state index contributed by atoms with van der Waals surface area (Å²) < 4.78 is 6.05. The van der Waals surface area contributed by atoms with Crippen molar-refractivity contribution in [2.24, 2.45) is 5.73 Å². The van der Waals surface area contributed by atoms with E-state index in [1.807, 2.05) is 42.5 Å². The number of carbonyl (C=O) groups excluding carboxylic acids is 2. The van der Waals surface area contributed by atoms with E-state index in [1.165, 1.54) is 0 Å². The van der Waals surface area contributed by atoms with E-state index in [0.717, 1.165) is 11.1 Å². The summed E-state index contributed by atoms with van der Waals surface area (Å²) in [5, 5.41) is 3.44. The minimum atomic E-state index is -0.517. The largest absolute Gasteiger partial charge is 0.440 e. The standard InChI is InChI=1S/C25H20ClN3O3/c26-19-10-6-16(7-11-19)23-21(32-25(29-23)18-4-2-1-3-5-18)14-15-22(30)28-20-12-8-17(9-13-20)24(27)31/h1-13H,14-15H2,(H2,27,31)(H,28,30). The van der Waals surface area contributed by atoms with Gasteiger partial charge in [-0.3, -0.25) is 9.59 Å². The first-order valence-electron chi connectivity index (χ1n) is 10.0. The first-order chi connectivity index (χ1) is 15.5. The number of halogens is 1. The van der Waals surface area contributed by atoms with Crippen LogP contribution >= 0.6 is 11.6 Å². The summed E-state index contributed by atoms with van der Waals surface area (Å²) >= 11 is 6.02. The minimum absolute atomic E-state index is 0.184. The van der Waals surface area contributed by atoms with E-state index in [9.17, 15) is 9.59 Å². The summed E-state index contributed by atoms with van der Waals surface area (Å²) in [7, 11) is 0. The molecular formula is C25H20ClN3O3. The maximum atomic E-state index is 12.5. The summed E-state index contributed by atoms with van der Waals surface area (Å²) in [6, 6.07) is 23.3. The highest BCUT2D eigenvalue weighted by Crippen LogP contribution is 2.30. The van der Waals surface area contributed by atoms with Crippen LogP contribution in [0.2, 0.25) is 5.02 Å². The number of oxazole rings is 1. The Labute approximate surface area is 190 Å². The smallest absolute Gasteiger partial charge is 0.248 e. The first kappa shape index (κ1) is 21.3. The van der Waals surface area contributed by atoms with Crippen LogP contribution in [0.25, 0.3) is 22.7 Å². The lowest BCUT2D eigenvalue weighted by molar-refractivity contribution is -0.116. The van der Waals surface area contributed by atoms with Gasteiger partial charge in [0, 0.05) is 40.2 Å². The highest BCUT2D eigenvalue weighted by atomic mass is 35.5. The zero-order valence-corrected chi connectivity index (χ0v) is 17.8. The summed E-state index contributed by atoms with van der Waals surface area (Å²) in [4.78, 5) is 28.4. The number of nitrogens with zero attached hydrogens (tertiary/aromatic N) is 1. The Morgan fingerprint density at radius 2 is 1.59 bits per heavy atom. The van der Waals surface area contributed by atoms with E-state index < -0.39 is 5.91 Å². The van der Waals surface area contributed by atoms with Crippen molar-refractivity contribution in [2.75, 3.05) is 5.32 Å². The number of hydrogen-bond donors (Lipinski definition) is 2. The number of aromatic nitrogens is 1. The molecule has 32 heavy (non-hydrogen) atoms. The van der Waals surface area contributed by atoms with Gasteiger partial charge in [-0.25, -0.2) is 4.98 Å². The molecule has 4 rings (SSSR count). The molecule has 0 bridgehead atoms. The fourth-order valence-corrected chi connectivity index (χ4v) is 3.35. The number of anilines is 1. The first-order valence-corrected chi connectivity index (χ1v) is 10.4. The van der Waals surface area contributed by atoms with Gasteiger partial charge in [-0.1, -0.05) is 41.9 Å². The molecule has 1 heterocycles. The van der Waals surface area contributed by atoms with Crippen LogP contribution in [0.5, 0.6) is 0 Å². The van der Waals surface area contributed by atoms with Crippen LogP contribution in [-0.4, -0.2) is 16.8 Å². The number of nitrogens with two attached hydrogens (primary N) is 1. The molecule has 0 unspecified atom stereocenters. The van der Waals surface area contributed by atoms with Crippen LogP contribution in [0.4, 0.5) is 5.69 Å². The number of carbonyl (C=O) groups is 2. The Hall–Kier alpha value is -3.90. The molecule has 0 saturated heterocycles. The van der Waals surface area contributed by atoms with Crippen molar-refractivity contribution in [3.63, 3.8) is 0 Å². The Kier molecular flexibility index (Phi) is 6.33. The van der Waals surface area contributed by atoms with Crippen molar-refractivity contribution in [3.05, 3.63) is 95.2 Å². The van der Waals surface area contributed by atoms with E-state index in [-0.39, 0.29) is 12.3 Å². The quantitative estimate of drug-likeness (QED) is 0.401. The molecule has 7 heteroatoms. The molecule has 0 spiro atoms. The van der Waals surface area contributed by atoms with Crippen LogP contribution in [0.1, 0.15) is 22.5 Å². The molecule has 0 saturated carbocycles. The number of rotatable bonds is 7. The average molecular weight is 446 g/mol. The SMILES string of the molecule is NC(=O)c1ccc(NC(=O)CCc2oc(-c3ccccc3)nc2-c2ccc(Cl)cc2)cc1. The molecule has 160 valence electrons. The molecule has 4 aromatic rings. The van der Waals surface area contributed by atoms with Gasteiger partial charge in [0.1, 0.15) is 11.5 Å². The van der Waals surface area contributed by atoms with Crippen LogP contribution < -0.4 is 11.1 Å². The second kappa shape index (κ2) is 9.49. The van der Waals surface area contributed by atoms with E-state index in [1.54, 1.807) is 36.4 Å². The molecule has 3 aromatic carbocycles. The van der Waals surface area contributed by atoms with Gasteiger partial charge in [0.05, 0.1) is 0 Å². The maximum absolute atomic E-state index is 12.5. The lowest BCUT2D eigenvalue weighted by Crippen LogP contribution is -2.13. The van der Waals surface area contributed by atoms with E-state index >= 15 is 0 Å². The number of aryl methyl sites for hydroxylation is 1. The third-order valence-electron chi connectivity index (χ3n) is 4.87. The lowest BCUT2D eigenvalue weighted by Gasteiger charge is -2.06. The van der Waals surface area contributed by atoms with Gasteiger partial charge in [-0.2, -0.15) is 0 Å². The zero-order valence-electron chi connectivity index (χ0n) is 17.0. The second-order valence-electron chi connectivity index (χ2n) is 7.15. The summed E-state index contributed by atoms with van der Waals surface area (Å²) in [6.45, 7) is 0. The fraction of sp³-hybridized carbons (Fsp3) is 0.0800. The monoisotopic (exact) mass is 445 g/mol. The summed E-state index contributed by atoms with van der Waals surface area (Å²) in [5.41, 5.74) is 8.60. The van der Waals surface area contributed by atoms with Crippen LogP contribution in [0.3, 0.4) is 0 Å². The molecule has 2 amide bonds. The van der Waals surface area contributed by atoms with E-state index in [4.69, 9.17) is 21.8 Å². The molecule has 0 fully saturated rings. The number of hydrogen-bond acceptors (Lipinski definition) is 4. The summed E-state index contributed by atoms with van der Waals surface area (Å²) in [6.07, 6.45) is 0.560. The third-order valence-corrected chi connectivity index (χ3v) is 5.12. The van der Waals surface area contributed by atoms with E-state index in [2.05, 4.69) is 10.3 Å². The molecule has 6 nitrogen and oxygen atoms in total. The lowest BCUT2D eigenvalue weighted by atomic mass is 10.1. The number of nitrogens with one attached hydrogen (secondary N) is 1. The topological polar surface area (TPSA) is 98.2 Å². The second-order valence-corrected chi connectivity index (χ2v) is 7.59. The molecule has 0 aliphatic heterocycles. The Balaban J connectivity index is 1.52. The average Bonchev–Trinajstić information content (AvgIpc) is 3.23. The van der Waals surface area contributed by atoms with Gasteiger partial charge >= 0.3 is 0 Å². The van der Waals surface area contributed by atoms with Crippen molar-refractivity contribution in [1.29, 1.82) is 0 Å². The van der Waals surface area contributed by atoms with Crippen molar-refractivity contribution >= 4 is 29.1 Å². The normalized spacial score (nSPS) is 10.7. The molecule has 1 aromatic heterocycles. The van der Waals surface area contributed by atoms with Crippen molar-refractivity contribution < 1.29 is 14.0 Å². The van der Waals surface area contributed by atoms with Gasteiger partial charge in [0.2, 0.25) is 17.7 Å². The van der Waals surface area contributed by atoms with Gasteiger partial charge in [-0.15, -0.1) is 0 Å². The number of primary amides is 1. The molecule has 0 radical (unpaired) electrons. The van der Waals surface area contributed by atoms with Crippen LogP contribution in [0, 0.1) is 0 Å². The number of amides is 2.